The van der Waals surface area contributed by atoms with Crippen LogP contribution in [0.4, 0.5) is 5.69 Å². The maximum Gasteiger partial charge on any atom is 0.262 e. The third-order valence-corrected chi connectivity index (χ3v) is 4.39. The predicted octanol–water partition coefficient (Wildman–Crippen LogP) is 2.15. The minimum absolute atomic E-state index is 0.126. The van der Waals surface area contributed by atoms with Crippen LogP contribution in [0, 0.1) is 0 Å². The van der Waals surface area contributed by atoms with Crippen molar-refractivity contribution in [3.05, 3.63) is 42.3 Å². The van der Waals surface area contributed by atoms with Crippen LogP contribution in [0.15, 0.2) is 46.1 Å². The van der Waals surface area contributed by atoms with Gasteiger partial charge < -0.3 is 9.84 Å². The molecule has 2 rings (SSSR count). The maximum absolute atomic E-state index is 12.3. The van der Waals surface area contributed by atoms with Crippen LogP contribution in [0.2, 0.25) is 0 Å². The zero-order chi connectivity index (χ0) is 14.6. The molecule has 0 radical (unpaired) electrons. The summed E-state index contributed by atoms with van der Waals surface area (Å²) in [6.07, 6.45) is 3.42. The van der Waals surface area contributed by atoms with E-state index in [2.05, 4.69) is 19.7 Å². The van der Waals surface area contributed by atoms with E-state index in [0.29, 0.717) is 5.69 Å². The SMILES string of the molecule is CCC(NC)c1cccc(S(=O)(=O)Nc2cnoc2)c1. The molecule has 0 saturated carbocycles. The van der Waals surface area contributed by atoms with Gasteiger partial charge in [-0.25, -0.2) is 8.42 Å². The molecular formula is C13H17N3O3S. The number of rotatable bonds is 6. The lowest BCUT2D eigenvalue weighted by molar-refractivity contribution is 0.420. The highest BCUT2D eigenvalue weighted by Crippen LogP contribution is 2.21. The van der Waals surface area contributed by atoms with Crippen LogP contribution in [0.3, 0.4) is 0 Å². The first-order valence-electron chi connectivity index (χ1n) is 6.26. The molecule has 0 amide bonds. The summed E-state index contributed by atoms with van der Waals surface area (Å²) in [5.41, 5.74) is 1.24. The number of aromatic nitrogens is 1. The molecule has 1 aromatic heterocycles. The molecule has 20 heavy (non-hydrogen) atoms. The van der Waals surface area contributed by atoms with E-state index >= 15 is 0 Å². The van der Waals surface area contributed by atoms with E-state index in [1.54, 1.807) is 18.2 Å². The van der Waals surface area contributed by atoms with E-state index < -0.39 is 10.0 Å². The molecule has 1 aromatic carbocycles. The molecule has 1 atom stereocenters. The minimum atomic E-state index is -3.63. The van der Waals surface area contributed by atoms with E-state index in [1.807, 2.05) is 20.0 Å². The van der Waals surface area contributed by atoms with Crippen LogP contribution >= 0.6 is 0 Å². The van der Waals surface area contributed by atoms with Crippen molar-refractivity contribution in [3.63, 3.8) is 0 Å². The Morgan fingerprint density at radius 2 is 2.20 bits per heavy atom. The van der Waals surface area contributed by atoms with Gasteiger partial charge in [-0.15, -0.1) is 0 Å². The molecule has 108 valence electrons. The van der Waals surface area contributed by atoms with Crippen LogP contribution in [0.5, 0.6) is 0 Å². The fourth-order valence-electron chi connectivity index (χ4n) is 1.97. The molecule has 0 saturated heterocycles. The van der Waals surface area contributed by atoms with Gasteiger partial charge in [-0.2, -0.15) is 0 Å². The van der Waals surface area contributed by atoms with Crippen molar-refractivity contribution in [1.82, 2.24) is 10.5 Å². The number of anilines is 1. The third kappa shape index (κ3) is 3.17. The number of hydrogen-bond donors (Lipinski definition) is 2. The lowest BCUT2D eigenvalue weighted by Crippen LogP contribution is -2.17. The zero-order valence-electron chi connectivity index (χ0n) is 11.3. The molecule has 0 fully saturated rings. The second-order valence-corrected chi connectivity index (χ2v) is 6.02. The van der Waals surface area contributed by atoms with Crippen LogP contribution in [-0.2, 0) is 10.0 Å². The van der Waals surface area contributed by atoms with Crippen molar-refractivity contribution < 1.29 is 12.9 Å². The second kappa shape index (κ2) is 6.06. The van der Waals surface area contributed by atoms with Crippen molar-refractivity contribution in [1.29, 1.82) is 0 Å². The molecular weight excluding hydrogens is 278 g/mol. The van der Waals surface area contributed by atoms with Crippen LogP contribution in [-0.4, -0.2) is 20.6 Å². The van der Waals surface area contributed by atoms with Crippen LogP contribution in [0.1, 0.15) is 24.9 Å². The monoisotopic (exact) mass is 295 g/mol. The lowest BCUT2D eigenvalue weighted by Gasteiger charge is -2.15. The van der Waals surface area contributed by atoms with Gasteiger partial charge in [0.1, 0.15) is 12.0 Å². The Morgan fingerprint density at radius 1 is 1.40 bits per heavy atom. The van der Waals surface area contributed by atoms with E-state index in [9.17, 15) is 8.42 Å². The summed E-state index contributed by atoms with van der Waals surface area (Å²) in [4.78, 5) is 0.213. The summed E-state index contributed by atoms with van der Waals surface area (Å²) in [7, 11) is -1.78. The number of hydrogen-bond acceptors (Lipinski definition) is 5. The topological polar surface area (TPSA) is 84.2 Å². The Balaban J connectivity index is 2.30. The summed E-state index contributed by atoms with van der Waals surface area (Å²) >= 11 is 0. The minimum Gasteiger partial charge on any atom is -0.362 e. The average molecular weight is 295 g/mol. The third-order valence-electron chi connectivity index (χ3n) is 3.01. The van der Waals surface area contributed by atoms with Gasteiger partial charge in [0, 0.05) is 6.04 Å². The Hall–Kier alpha value is -1.86. The maximum atomic E-state index is 12.3. The summed E-state index contributed by atoms with van der Waals surface area (Å²) in [6.45, 7) is 2.04. The van der Waals surface area contributed by atoms with Crippen molar-refractivity contribution >= 4 is 15.7 Å². The quantitative estimate of drug-likeness (QED) is 0.853. The van der Waals surface area contributed by atoms with E-state index in [-0.39, 0.29) is 10.9 Å². The molecule has 0 spiro atoms. The van der Waals surface area contributed by atoms with Gasteiger partial charge in [-0.05, 0) is 31.2 Å². The first-order valence-corrected chi connectivity index (χ1v) is 7.74. The highest BCUT2D eigenvalue weighted by Gasteiger charge is 2.17. The number of nitrogens with zero attached hydrogens (tertiary/aromatic N) is 1. The van der Waals surface area contributed by atoms with Gasteiger partial charge in [0.15, 0.2) is 0 Å². The molecule has 0 bridgehead atoms. The van der Waals surface area contributed by atoms with Crippen molar-refractivity contribution in [3.8, 4) is 0 Å². The smallest absolute Gasteiger partial charge is 0.262 e. The normalized spacial score (nSPS) is 13.1. The molecule has 1 unspecified atom stereocenters. The molecule has 0 aliphatic heterocycles. The number of sulfonamides is 1. The molecule has 0 aliphatic rings. The highest BCUT2D eigenvalue weighted by molar-refractivity contribution is 7.92. The Bertz CT molecular complexity index is 649. The van der Waals surface area contributed by atoms with Gasteiger partial charge >= 0.3 is 0 Å². The van der Waals surface area contributed by atoms with Gasteiger partial charge in [0.25, 0.3) is 10.0 Å². The van der Waals surface area contributed by atoms with E-state index in [0.717, 1.165) is 12.0 Å². The first-order chi connectivity index (χ1) is 9.56. The molecule has 1 heterocycles. The second-order valence-electron chi connectivity index (χ2n) is 4.34. The Morgan fingerprint density at radius 3 is 2.80 bits per heavy atom. The Labute approximate surface area is 118 Å². The Kier molecular flexibility index (Phi) is 4.41. The molecule has 0 aliphatic carbocycles. The molecule has 6 nitrogen and oxygen atoms in total. The molecule has 2 N–H and O–H groups in total. The largest absolute Gasteiger partial charge is 0.362 e. The van der Waals surface area contributed by atoms with Crippen molar-refractivity contribution in [2.75, 3.05) is 11.8 Å². The summed E-state index contributed by atoms with van der Waals surface area (Å²) in [5, 5.41) is 6.61. The van der Waals surface area contributed by atoms with E-state index in [4.69, 9.17) is 0 Å². The highest BCUT2D eigenvalue weighted by atomic mass is 32.2. The van der Waals surface area contributed by atoms with Crippen LogP contribution in [0.25, 0.3) is 0 Å². The summed E-state index contributed by atoms with van der Waals surface area (Å²) < 4.78 is 31.5. The fourth-order valence-corrected chi connectivity index (χ4v) is 3.05. The number of benzene rings is 1. The predicted molar refractivity (Wildman–Crippen MR) is 75.8 cm³/mol. The fraction of sp³-hybridized carbons (Fsp3) is 0.308. The summed E-state index contributed by atoms with van der Waals surface area (Å²) in [5.74, 6) is 0. The summed E-state index contributed by atoms with van der Waals surface area (Å²) in [6, 6.07) is 6.99. The molecule has 2 aromatic rings. The van der Waals surface area contributed by atoms with Crippen molar-refractivity contribution in [2.24, 2.45) is 0 Å². The number of nitrogens with one attached hydrogen (secondary N) is 2. The van der Waals surface area contributed by atoms with Gasteiger partial charge in [0.05, 0.1) is 11.1 Å². The van der Waals surface area contributed by atoms with E-state index in [1.165, 1.54) is 12.5 Å². The van der Waals surface area contributed by atoms with Gasteiger partial charge in [-0.1, -0.05) is 24.2 Å². The standard InChI is InChI=1S/C13H17N3O3S/c1-3-13(14-2)10-5-4-6-12(7-10)20(17,18)16-11-8-15-19-9-11/h4-9,13-14,16H,3H2,1-2H3. The van der Waals surface area contributed by atoms with Crippen LogP contribution < -0.4 is 10.0 Å². The first kappa shape index (κ1) is 14.5. The average Bonchev–Trinajstić information content (AvgIpc) is 2.93. The zero-order valence-corrected chi connectivity index (χ0v) is 12.1. The lowest BCUT2D eigenvalue weighted by atomic mass is 10.1. The van der Waals surface area contributed by atoms with Gasteiger partial charge in [0.2, 0.25) is 0 Å². The van der Waals surface area contributed by atoms with Crippen molar-refractivity contribution in [2.45, 2.75) is 24.3 Å². The van der Waals surface area contributed by atoms with Gasteiger partial charge in [-0.3, -0.25) is 4.72 Å². The molecule has 7 heteroatoms.